The van der Waals surface area contributed by atoms with Gasteiger partial charge in [-0.15, -0.1) is 0 Å². The lowest BCUT2D eigenvalue weighted by atomic mass is 9.79. The molecule has 0 atom stereocenters. The van der Waals surface area contributed by atoms with Crippen LogP contribution in [-0.4, -0.2) is 42.8 Å². The van der Waals surface area contributed by atoms with Gasteiger partial charge in [0.05, 0.1) is 11.9 Å². The molecule has 2 fully saturated rings. The topological polar surface area (TPSA) is 43.4 Å². The standard InChI is InChI=1S/C28H32ClN5S/c29-23-10-8-22(9-11-23)28(14-4-5-15-28)21-31-27(35)32-24-12-13-26(30-20-24)34-18-16-33(17-19-34)25-6-2-1-3-7-25/h1-3,6-13,20H,4-5,14-19,21H2,(H2,31,32,35). The SMILES string of the molecule is S=C(NCC1(c2ccc(Cl)cc2)CCCC1)Nc1ccc(N2CCN(c3ccccc3)CC2)nc1. The molecule has 5 rings (SSSR count). The number of hydrogen-bond donors (Lipinski definition) is 2. The average molecular weight is 506 g/mol. The highest BCUT2D eigenvalue weighted by atomic mass is 35.5. The summed E-state index contributed by atoms with van der Waals surface area (Å²) in [5.74, 6) is 1.01. The Morgan fingerprint density at radius 1 is 0.886 bits per heavy atom. The normalized spacial score (nSPS) is 17.3. The second-order valence-electron chi connectivity index (χ2n) is 9.52. The summed E-state index contributed by atoms with van der Waals surface area (Å²) in [6.07, 6.45) is 6.69. The van der Waals surface area contributed by atoms with Crippen molar-refractivity contribution < 1.29 is 0 Å². The molecule has 5 nitrogen and oxygen atoms in total. The maximum Gasteiger partial charge on any atom is 0.170 e. The molecule has 1 saturated carbocycles. The lowest BCUT2D eigenvalue weighted by molar-refractivity contribution is 0.435. The maximum atomic E-state index is 6.12. The van der Waals surface area contributed by atoms with E-state index in [-0.39, 0.29) is 5.41 Å². The van der Waals surface area contributed by atoms with E-state index in [2.05, 4.69) is 75.0 Å². The van der Waals surface area contributed by atoms with Gasteiger partial charge in [0.1, 0.15) is 5.82 Å². The van der Waals surface area contributed by atoms with Gasteiger partial charge in [-0.2, -0.15) is 0 Å². The maximum absolute atomic E-state index is 6.12. The van der Waals surface area contributed by atoms with Crippen molar-refractivity contribution in [2.75, 3.05) is 47.8 Å². The van der Waals surface area contributed by atoms with Gasteiger partial charge in [-0.3, -0.25) is 0 Å². The molecule has 0 radical (unpaired) electrons. The monoisotopic (exact) mass is 505 g/mol. The highest BCUT2D eigenvalue weighted by Gasteiger charge is 2.35. The molecule has 2 aliphatic rings. The molecule has 35 heavy (non-hydrogen) atoms. The van der Waals surface area contributed by atoms with Gasteiger partial charge >= 0.3 is 0 Å². The van der Waals surface area contributed by atoms with Crippen molar-refractivity contribution in [2.45, 2.75) is 31.1 Å². The second kappa shape index (κ2) is 10.8. The Labute approximate surface area is 218 Å². The lowest BCUT2D eigenvalue weighted by Gasteiger charge is -2.36. The molecule has 7 heteroatoms. The number of thiocarbonyl (C=S) groups is 1. The quantitative estimate of drug-likeness (QED) is 0.409. The van der Waals surface area contributed by atoms with Gasteiger partial charge in [0.15, 0.2) is 5.11 Å². The largest absolute Gasteiger partial charge is 0.368 e. The van der Waals surface area contributed by atoms with E-state index in [9.17, 15) is 0 Å². The Morgan fingerprint density at radius 3 is 2.23 bits per heavy atom. The number of pyridine rings is 1. The third-order valence-corrected chi connectivity index (χ3v) is 7.83. The first-order chi connectivity index (χ1) is 17.1. The van der Waals surface area contributed by atoms with Crippen LogP contribution in [0.15, 0.2) is 72.9 Å². The number of para-hydroxylation sites is 1. The molecule has 1 aliphatic heterocycles. The summed E-state index contributed by atoms with van der Waals surface area (Å²) in [6, 6.07) is 23.0. The van der Waals surface area contributed by atoms with Crippen LogP contribution in [0.4, 0.5) is 17.2 Å². The van der Waals surface area contributed by atoms with Gasteiger partial charge in [0.2, 0.25) is 0 Å². The van der Waals surface area contributed by atoms with Crippen LogP contribution in [0, 0.1) is 0 Å². The third-order valence-electron chi connectivity index (χ3n) is 7.34. The van der Waals surface area contributed by atoms with E-state index in [0.29, 0.717) is 5.11 Å². The fraction of sp³-hybridized carbons (Fsp3) is 0.357. The molecule has 0 unspecified atom stereocenters. The van der Waals surface area contributed by atoms with Crippen molar-refractivity contribution in [3.05, 3.63) is 83.5 Å². The van der Waals surface area contributed by atoms with Crippen molar-refractivity contribution in [3.8, 4) is 0 Å². The zero-order valence-electron chi connectivity index (χ0n) is 19.9. The zero-order valence-corrected chi connectivity index (χ0v) is 21.5. The van der Waals surface area contributed by atoms with Crippen LogP contribution in [0.3, 0.4) is 0 Å². The van der Waals surface area contributed by atoms with Gasteiger partial charge in [0.25, 0.3) is 0 Å². The number of benzene rings is 2. The van der Waals surface area contributed by atoms with Crippen molar-refractivity contribution in [3.63, 3.8) is 0 Å². The Balaban J connectivity index is 1.13. The zero-order chi connectivity index (χ0) is 24.1. The number of hydrogen-bond acceptors (Lipinski definition) is 4. The van der Waals surface area contributed by atoms with Gasteiger partial charge in [-0.25, -0.2) is 4.98 Å². The number of halogens is 1. The summed E-state index contributed by atoms with van der Waals surface area (Å²) in [7, 11) is 0. The van der Waals surface area contributed by atoms with Crippen LogP contribution in [0.25, 0.3) is 0 Å². The molecule has 1 aliphatic carbocycles. The summed E-state index contributed by atoms with van der Waals surface area (Å²) < 4.78 is 0. The smallest absolute Gasteiger partial charge is 0.170 e. The first-order valence-corrected chi connectivity index (χ1v) is 13.2. The van der Waals surface area contributed by atoms with Crippen molar-refractivity contribution in [2.24, 2.45) is 0 Å². The Morgan fingerprint density at radius 2 is 1.57 bits per heavy atom. The summed E-state index contributed by atoms with van der Waals surface area (Å²) in [5, 5.41) is 8.20. The highest BCUT2D eigenvalue weighted by molar-refractivity contribution is 7.80. The molecular weight excluding hydrogens is 474 g/mol. The molecule has 2 N–H and O–H groups in total. The summed E-state index contributed by atoms with van der Waals surface area (Å²) in [6.45, 7) is 4.73. The Kier molecular flexibility index (Phi) is 7.40. The van der Waals surface area contributed by atoms with E-state index in [1.807, 2.05) is 18.3 Å². The van der Waals surface area contributed by atoms with Crippen LogP contribution in [-0.2, 0) is 5.41 Å². The molecule has 3 aromatic rings. The molecule has 0 spiro atoms. The molecule has 1 saturated heterocycles. The van der Waals surface area contributed by atoms with E-state index in [4.69, 9.17) is 28.8 Å². The van der Waals surface area contributed by atoms with Crippen LogP contribution < -0.4 is 20.4 Å². The highest BCUT2D eigenvalue weighted by Crippen LogP contribution is 2.41. The Bertz CT molecular complexity index is 1110. The molecule has 182 valence electrons. The van der Waals surface area contributed by atoms with Crippen molar-refractivity contribution in [1.29, 1.82) is 0 Å². The predicted molar refractivity (Wildman–Crippen MR) is 151 cm³/mol. The minimum Gasteiger partial charge on any atom is -0.368 e. The number of rotatable bonds is 6. The van der Waals surface area contributed by atoms with E-state index >= 15 is 0 Å². The molecule has 2 aromatic carbocycles. The Hall–Kier alpha value is -2.83. The molecule has 0 amide bonds. The van der Waals surface area contributed by atoms with Gasteiger partial charge in [0, 0.05) is 48.8 Å². The van der Waals surface area contributed by atoms with Crippen LogP contribution in [0.2, 0.25) is 5.02 Å². The lowest BCUT2D eigenvalue weighted by Crippen LogP contribution is -2.46. The minimum absolute atomic E-state index is 0.111. The molecule has 1 aromatic heterocycles. The van der Waals surface area contributed by atoms with Crippen LogP contribution >= 0.6 is 23.8 Å². The predicted octanol–water partition coefficient (Wildman–Crippen LogP) is 5.86. The van der Waals surface area contributed by atoms with Crippen molar-refractivity contribution >= 4 is 46.1 Å². The summed E-state index contributed by atoms with van der Waals surface area (Å²) in [4.78, 5) is 9.48. The first-order valence-electron chi connectivity index (χ1n) is 12.4. The number of piperazine rings is 1. The minimum atomic E-state index is 0.111. The van der Waals surface area contributed by atoms with Gasteiger partial charge in [-0.1, -0.05) is 54.8 Å². The van der Waals surface area contributed by atoms with E-state index in [1.54, 1.807) is 0 Å². The van der Waals surface area contributed by atoms with Gasteiger partial charge < -0.3 is 20.4 Å². The summed E-state index contributed by atoms with van der Waals surface area (Å²) >= 11 is 11.7. The van der Waals surface area contributed by atoms with E-state index < -0.39 is 0 Å². The number of nitrogens with one attached hydrogen (secondary N) is 2. The third kappa shape index (κ3) is 5.71. The molecule has 0 bridgehead atoms. The number of nitrogens with zero attached hydrogens (tertiary/aromatic N) is 3. The molecule has 2 heterocycles. The van der Waals surface area contributed by atoms with Crippen LogP contribution in [0.1, 0.15) is 31.2 Å². The first kappa shape index (κ1) is 23.9. The molecular formula is C28H32ClN5S. The fourth-order valence-electron chi connectivity index (χ4n) is 5.33. The van der Waals surface area contributed by atoms with E-state index in [1.165, 1.54) is 24.1 Å². The van der Waals surface area contributed by atoms with Crippen LogP contribution in [0.5, 0.6) is 0 Å². The fourth-order valence-corrected chi connectivity index (χ4v) is 5.64. The van der Waals surface area contributed by atoms with Crippen molar-refractivity contribution in [1.82, 2.24) is 10.3 Å². The number of anilines is 3. The van der Waals surface area contributed by atoms with Gasteiger partial charge in [-0.05, 0) is 67.0 Å². The number of aromatic nitrogens is 1. The summed E-state index contributed by atoms with van der Waals surface area (Å²) in [5.41, 5.74) is 3.64. The average Bonchev–Trinajstić information content (AvgIpc) is 3.39. The second-order valence-corrected chi connectivity index (χ2v) is 10.4. The van der Waals surface area contributed by atoms with E-state index in [0.717, 1.165) is 62.1 Å².